The van der Waals surface area contributed by atoms with Crippen molar-refractivity contribution in [2.24, 2.45) is 0 Å². The molecule has 0 aromatic rings. The Labute approximate surface area is 84.7 Å². The third kappa shape index (κ3) is 7.82. The SMILES string of the molecule is CCCOC(C)OCCNC(=O)OC. The van der Waals surface area contributed by atoms with E-state index in [2.05, 4.69) is 10.1 Å². The highest BCUT2D eigenvalue weighted by atomic mass is 16.7. The molecule has 0 rings (SSSR count). The monoisotopic (exact) mass is 205 g/mol. The zero-order valence-corrected chi connectivity index (χ0v) is 9.04. The molecule has 14 heavy (non-hydrogen) atoms. The topological polar surface area (TPSA) is 56.8 Å². The van der Waals surface area contributed by atoms with Crippen LogP contribution in [-0.2, 0) is 14.2 Å². The second kappa shape index (κ2) is 8.77. The molecule has 0 aliphatic rings. The number of ether oxygens (including phenoxy) is 3. The minimum atomic E-state index is -0.448. The smallest absolute Gasteiger partial charge is 0.406 e. The van der Waals surface area contributed by atoms with Gasteiger partial charge in [0.05, 0.1) is 13.7 Å². The zero-order chi connectivity index (χ0) is 10.8. The molecule has 0 fully saturated rings. The van der Waals surface area contributed by atoms with E-state index in [0.717, 1.165) is 6.42 Å². The fourth-order valence-electron chi connectivity index (χ4n) is 0.782. The molecule has 0 saturated carbocycles. The van der Waals surface area contributed by atoms with Gasteiger partial charge in [0.25, 0.3) is 0 Å². The predicted octanol–water partition coefficient (Wildman–Crippen LogP) is 1.13. The van der Waals surface area contributed by atoms with Crippen LogP contribution in [-0.4, -0.2) is 39.3 Å². The summed E-state index contributed by atoms with van der Waals surface area (Å²) in [6.45, 7) is 5.39. The van der Waals surface area contributed by atoms with Crippen LogP contribution < -0.4 is 5.32 Å². The summed E-state index contributed by atoms with van der Waals surface area (Å²) >= 11 is 0. The van der Waals surface area contributed by atoms with Gasteiger partial charge >= 0.3 is 6.09 Å². The molecule has 0 spiro atoms. The van der Waals surface area contributed by atoms with E-state index in [0.29, 0.717) is 19.8 Å². The van der Waals surface area contributed by atoms with Gasteiger partial charge in [-0.05, 0) is 13.3 Å². The van der Waals surface area contributed by atoms with E-state index in [-0.39, 0.29) is 6.29 Å². The van der Waals surface area contributed by atoms with Gasteiger partial charge in [-0.15, -0.1) is 0 Å². The van der Waals surface area contributed by atoms with E-state index in [4.69, 9.17) is 9.47 Å². The summed E-state index contributed by atoms with van der Waals surface area (Å²) in [7, 11) is 1.32. The van der Waals surface area contributed by atoms with Crippen LogP contribution in [0.4, 0.5) is 4.79 Å². The molecule has 0 aliphatic carbocycles. The summed E-state index contributed by atoms with van der Waals surface area (Å²) in [5.41, 5.74) is 0. The van der Waals surface area contributed by atoms with Crippen LogP contribution in [0.3, 0.4) is 0 Å². The Morgan fingerprint density at radius 3 is 2.57 bits per heavy atom. The molecule has 0 aliphatic heterocycles. The number of amides is 1. The highest BCUT2D eigenvalue weighted by molar-refractivity contribution is 5.66. The van der Waals surface area contributed by atoms with Gasteiger partial charge < -0.3 is 19.5 Å². The van der Waals surface area contributed by atoms with E-state index in [9.17, 15) is 4.79 Å². The van der Waals surface area contributed by atoms with E-state index >= 15 is 0 Å². The Hall–Kier alpha value is -0.810. The summed E-state index contributed by atoms with van der Waals surface area (Å²) in [5, 5.41) is 2.50. The van der Waals surface area contributed by atoms with Crippen molar-refractivity contribution in [2.45, 2.75) is 26.6 Å². The van der Waals surface area contributed by atoms with Crippen molar-refractivity contribution in [3.8, 4) is 0 Å². The number of hydrogen-bond donors (Lipinski definition) is 1. The molecule has 1 N–H and O–H groups in total. The van der Waals surface area contributed by atoms with Gasteiger partial charge in [-0.3, -0.25) is 0 Å². The molecule has 5 heteroatoms. The van der Waals surface area contributed by atoms with E-state index in [1.54, 1.807) is 0 Å². The first kappa shape index (κ1) is 13.2. The first-order valence-corrected chi connectivity index (χ1v) is 4.75. The molecule has 1 atom stereocenters. The largest absolute Gasteiger partial charge is 0.453 e. The Morgan fingerprint density at radius 1 is 1.36 bits per heavy atom. The van der Waals surface area contributed by atoms with Crippen molar-refractivity contribution in [2.75, 3.05) is 26.9 Å². The molecule has 0 saturated heterocycles. The summed E-state index contributed by atoms with van der Waals surface area (Å²) in [6, 6.07) is 0. The first-order valence-electron chi connectivity index (χ1n) is 4.75. The Bertz CT molecular complexity index is 152. The maximum atomic E-state index is 10.6. The second-order valence-corrected chi connectivity index (χ2v) is 2.73. The van der Waals surface area contributed by atoms with E-state index in [1.165, 1.54) is 7.11 Å². The van der Waals surface area contributed by atoms with E-state index in [1.807, 2.05) is 13.8 Å². The van der Waals surface area contributed by atoms with Crippen molar-refractivity contribution in [1.29, 1.82) is 0 Å². The van der Waals surface area contributed by atoms with Crippen molar-refractivity contribution < 1.29 is 19.0 Å². The van der Waals surface area contributed by atoms with Crippen LogP contribution in [0.5, 0.6) is 0 Å². The molecule has 0 aromatic heterocycles. The molecular formula is C9H19NO4. The molecule has 0 bridgehead atoms. The maximum absolute atomic E-state index is 10.6. The number of nitrogens with one attached hydrogen (secondary N) is 1. The van der Waals surface area contributed by atoms with Gasteiger partial charge in [0.15, 0.2) is 6.29 Å². The van der Waals surface area contributed by atoms with Gasteiger partial charge in [0.1, 0.15) is 0 Å². The lowest BCUT2D eigenvalue weighted by Crippen LogP contribution is -2.28. The quantitative estimate of drug-likeness (QED) is 0.500. The lowest BCUT2D eigenvalue weighted by Gasteiger charge is -2.13. The number of rotatable bonds is 7. The summed E-state index contributed by atoms with van der Waals surface area (Å²) in [6.07, 6.45) is 0.291. The Balaban J connectivity index is 3.22. The second-order valence-electron chi connectivity index (χ2n) is 2.73. The fraction of sp³-hybridized carbons (Fsp3) is 0.889. The number of alkyl carbamates (subject to hydrolysis) is 1. The highest BCUT2D eigenvalue weighted by Gasteiger charge is 2.01. The van der Waals surface area contributed by atoms with Gasteiger partial charge in [0, 0.05) is 13.2 Å². The lowest BCUT2D eigenvalue weighted by molar-refractivity contribution is -0.128. The number of carbonyl (C=O) groups is 1. The third-order valence-corrected chi connectivity index (χ3v) is 1.47. The van der Waals surface area contributed by atoms with Crippen LogP contribution in [0.2, 0.25) is 0 Å². The molecule has 0 aromatic carbocycles. The van der Waals surface area contributed by atoms with Crippen molar-refractivity contribution in [3.63, 3.8) is 0 Å². The van der Waals surface area contributed by atoms with Crippen LogP contribution in [0.1, 0.15) is 20.3 Å². The molecule has 1 amide bonds. The molecule has 84 valence electrons. The Kier molecular flexibility index (Phi) is 8.27. The molecule has 0 radical (unpaired) electrons. The Morgan fingerprint density at radius 2 is 2.00 bits per heavy atom. The van der Waals surface area contributed by atoms with E-state index < -0.39 is 6.09 Å². The van der Waals surface area contributed by atoms with Crippen molar-refractivity contribution >= 4 is 6.09 Å². The van der Waals surface area contributed by atoms with Crippen molar-refractivity contribution in [1.82, 2.24) is 5.32 Å². The van der Waals surface area contributed by atoms with Gasteiger partial charge in [-0.2, -0.15) is 0 Å². The summed E-state index contributed by atoms with van der Waals surface area (Å²) in [5.74, 6) is 0. The lowest BCUT2D eigenvalue weighted by atomic mass is 10.5. The minimum absolute atomic E-state index is 0.227. The number of methoxy groups -OCH3 is 1. The van der Waals surface area contributed by atoms with Gasteiger partial charge in [-0.1, -0.05) is 6.92 Å². The van der Waals surface area contributed by atoms with Gasteiger partial charge in [-0.25, -0.2) is 4.79 Å². The summed E-state index contributed by atoms with van der Waals surface area (Å²) < 4.78 is 14.9. The first-order chi connectivity index (χ1) is 6.70. The maximum Gasteiger partial charge on any atom is 0.406 e. The third-order valence-electron chi connectivity index (χ3n) is 1.47. The molecule has 5 nitrogen and oxygen atoms in total. The average Bonchev–Trinajstić information content (AvgIpc) is 2.21. The van der Waals surface area contributed by atoms with Crippen LogP contribution in [0.15, 0.2) is 0 Å². The zero-order valence-electron chi connectivity index (χ0n) is 9.04. The molecule has 1 unspecified atom stereocenters. The number of carbonyl (C=O) groups excluding carboxylic acids is 1. The van der Waals surface area contributed by atoms with Crippen LogP contribution in [0, 0.1) is 0 Å². The average molecular weight is 205 g/mol. The standard InChI is InChI=1S/C9H19NO4/c1-4-6-13-8(2)14-7-5-10-9(11)12-3/h8H,4-7H2,1-3H3,(H,10,11). The normalized spacial score (nSPS) is 12.2. The minimum Gasteiger partial charge on any atom is -0.453 e. The van der Waals surface area contributed by atoms with Crippen LogP contribution in [0.25, 0.3) is 0 Å². The molecule has 0 heterocycles. The van der Waals surface area contributed by atoms with Crippen molar-refractivity contribution in [3.05, 3.63) is 0 Å². The number of hydrogen-bond acceptors (Lipinski definition) is 4. The van der Waals surface area contributed by atoms with Gasteiger partial charge in [0.2, 0.25) is 0 Å². The fourth-order valence-corrected chi connectivity index (χ4v) is 0.782. The predicted molar refractivity (Wildman–Crippen MR) is 52.1 cm³/mol. The van der Waals surface area contributed by atoms with Crippen LogP contribution >= 0.6 is 0 Å². The highest BCUT2D eigenvalue weighted by Crippen LogP contribution is 1.93. The summed E-state index contributed by atoms with van der Waals surface area (Å²) in [4.78, 5) is 10.6. The molecular weight excluding hydrogens is 186 g/mol.